The number of carbonyl (C=O) groups is 2. The monoisotopic (exact) mass is 185 g/mol. The van der Waals surface area contributed by atoms with Crippen LogP contribution in [0.15, 0.2) is 6.07 Å². The van der Waals surface area contributed by atoms with Crippen LogP contribution < -0.4 is 0 Å². The SMILES string of the molecule is O=C(O)Cc1cc(O)c(C(=O)O)[nH]1. The highest BCUT2D eigenvalue weighted by Gasteiger charge is 2.14. The molecule has 0 atom stereocenters. The number of aliphatic carboxylic acids is 1. The smallest absolute Gasteiger partial charge is 0.356 e. The summed E-state index contributed by atoms with van der Waals surface area (Å²) in [5, 5.41) is 25.8. The van der Waals surface area contributed by atoms with Crippen molar-refractivity contribution in [2.24, 2.45) is 0 Å². The maximum absolute atomic E-state index is 10.4. The first-order valence-electron chi connectivity index (χ1n) is 3.36. The average molecular weight is 185 g/mol. The second-order valence-electron chi connectivity index (χ2n) is 2.43. The number of H-pyrrole nitrogens is 1. The van der Waals surface area contributed by atoms with Gasteiger partial charge in [0.05, 0.1) is 6.42 Å². The second-order valence-corrected chi connectivity index (χ2v) is 2.43. The number of hydrogen-bond donors (Lipinski definition) is 4. The molecule has 0 saturated heterocycles. The number of carboxylic acids is 2. The number of rotatable bonds is 3. The molecule has 13 heavy (non-hydrogen) atoms. The van der Waals surface area contributed by atoms with Crippen LogP contribution in [0.25, 0.3) is 0 Å². The molecule has 0 aliphatic rings. The topological polar surface area (TPSA) is 111 Å². The predicted octanol–water partition coefficient (Wildman–Crippen LogP) is 0.0456. The summed E-state index contributed by atoms with van der Waals surface area (Å²) in [6.45, 7) is 0. The van der Waals surface area contributed by atoms with E-state index in [2.05, 4.69) is 4.98 Å². The van der Waals surface area contributed by atoms with Gasteiger partial charge in [-0.05, 0) is 0 Å². The lowest BCUT2D eigenvalue weighted by Gasteiger charge is -1.89. The van der Waals surface area contributed by atoms with E-state index in [1.807, 2.05) is 0 Å². The van der Waals surface area contributed by atoms with E-state index in [-0.39, 0.29) is 12.1 Å². The van der Waals surface area contributed by atoms with Crippen LogP contribution in [-0.2, 0) is 11.2 Å². The fourth-order valence-electron chi connectivity index (χ4n) is 0.919. The molecule has 0 spiro atoms. The number of aromatic hydroxyl groups is 1. The molecule has 6 nitrogen and oxygen atoms in total. The summed E-state index contributed by atoms with van der Waals surface area (Å²) in [5.74, 6) is -2.88. The summed E-state index contributed by atoms with van der Waals surface area (Å²) in [6.07, 6.45) is -0.346. The molecule has 0 amide bonds. The van der Waals surface area contributed by atoms with Gasteiger partial charge in [0.25, 0.3) is 0 Å². The lowest BCUT2D eigenvalue weighted by molar-refractivity contribution is -0.136. The summed E-state index contributed by atoms with van der Waals surface area (Å²) in [4.78, 5) is 22.9. The molecule has 0 fully saturated rings. The normalized spacial score (nSPS) is 9.85. The molecular weight excluding hydrogens is 178 g/mol. The quantitative estimate of drug-likeness (QED) is 0.531. The zero-order chi connectivity index (χ0) is 10.0. The van der Waals surface area contributed by atoms with Crippen LogP contribution in [-0.4, -0.2) is 32.2 Å². The van der Waals surface area contributed by atoms with Gasteiger partial charge in [0.15, 0.2) is 5.69 Å². The van der Waals surface area contributed by atoms with Gasteiger partial charge < -0.3 is 20.3 Å². The zero-order valence-electron chi connectivity index (χ0n) is 6.44. The predicted molar refractivity (Wildman–Crippen MR) is 40.8 cm³/mol. The third-order valence-electron chi connectivity index (χ3n) is 1.41. The van der Waals surface area contributed by atoms with Crippen LogP contribution in [0.2, 0.25) is 0 Å². The first-order chi connectivity index (χ1) is 6.00. The minimum absolute atomic E-state index is 0.155. The highest BCUT2D eigenvalue weighted by molar-refractivity contribution is 5.89. The number of aromatic amines is 1. The standard InChI is InChI=1S/C7H7NO5/c9-4-1-3(2-5(10)11)8-6(4)7(12)13/h1,8-9H,2H2,(H,10,11)(H,12,13). The number of aromatic carboxylic acids is 1. The van der Waals surface area contributed by atoms with Crippen molar-refractivity contribution in [2.45, 2.75) is 6.42 Å². The number of aromatic nitrogens is 1. The Morgan fingerprint density at radius 3 is 2.38 bits per heavy atom. The van der Waals surface area contributed by atoms with Crippen molar-refractivity contribution in [3.05, 3.63) is 17.5 Å². The molecular formula is C7H7NO5. The third-order valence-corrected chi connectivity index (χ3v) is 1.41. The Kier molecular flexibility index (Phi) is 2.23. The van der Waals surface area contributed by atoms with E-state index in [4.69, 9.17) is 15.3 Å². The van der Waals surface area contributed by atoms with Crippen LogP contribution in [0.1, 0.15) is 16.2 Å². The Balaban J connectivity index is 2.95. The van der Waals surface area contributed by atoms with Crippen LogP contribution in [0.4, 0.5) is 0 Å². The molecule has 1 heterocycles. The first-order valence-corrected chi connectivity index (χ1v) is 3.36. The summed E-state index contributed by atoms with van der Waals surface area (Å²) in [5.41, 5.74) is -0.237. The second kappa shape index (κ2) is 3.18. The number of nitrogens with one attached hydrogen (secondary N) is 1. The molecule has 0 bridgehead atoms. The molecule has 0 saturated carbocycles. The molecule has 70 valence electrons. The molecule has 1 aromatic heterocycles. The van der Waals surface area contributed by atoms with Crippen molar-refractivity contribution in [1.29, 1.82) is 0 Å². The largest absolute Gasteiger partial charge is 0.505 e. The average Bonchev–Trinajstić information content (AvgIpc) is 2.29. The Hall–Kier alpha value is -1.98. The van der Waals surface area contributed by atoms with Gasteiger partial charge in [-0.3, -0.25) is 4.79 Å². The molecule has 1 rings (SSSR count). The van der Waals surface area contributed by atoms with Crippen molar-refractivity contribution in [2.75, 3.05) is 0 Å². The zero-order valence-corrected chi connectivity index (χ0v) is 6.44. The van der Waals surface area contributed by atoms with Gasteiger partial charge in [-0.25, -0.2) is 4.79 Å². The van der Waals surface area contributed by atoms with E-state index < -0.39 is 23.4 Å². The summed E-state index contributed by atoms with van der Waals surface area (Å²) in [7, 11) is 0. The minimum Gasteiger partial charge on any atom is -0.505 e. The summed E-state index contributed by atoms with van der Waals surface area (Å²) >= 11 is 0. The Labute approximate surface area is 72.4 Å². The van der Waals surface area contributed by atoms with Gasteiger partial charge in [0, 0.05) is 11.8 Å². The molecule has 0 radical (unpaired) electrons. The van der Waals surface area contributed by atoms with E-state index in [1.165, 1.54) is 0 Å². The van der Waals surface area contributed by atoms with Crippen LogP contribution >= 0.6 is 0 Å². The lowest BCUT2D eigenvalue weighted by atomic mass is 10.3. The van der Waals surface area contributed by atoms with E-state index in [9.17, 15) is 9.59 Å². The minimum atomic E-state index is -1.32. The lowest BCUT2D eigenvalue weighted by Crippen LogP contribution is -2.02. The number of hydrogen-bond acceptors (Lipinski definition) is 3. The van der Waals surface area contributed by atoms with Gasteiger partial charge in [-0.15, -0.1) is 0 Å². The van der Waals surface area contributed by atoms with Gasteiger partial charge in [-0.1, -0.05) is 0 Å². The Morgan fingerprint density at radius 1 is 1.38 bits per heavy atom. The van der Waals surface area contributed by atoms with Crippen LogP contribution in [0.5, 0.6) is 5.75 Å². The van der Waals surface area contributed by atoms with Crippen molar-refractivity contribution in [3.8, 4) is 5.75 Å². The summed E-state index contributed by atoms with van der Waals surface area (Å²) in [6, 6.07) is 1.08. The van der Waals surface area contributed by atoms with Gasteiger partial charge >= 0.3 is 11.9 Å². The maximum atomic E-state index is 10.4. The highest BCUT2D eigenvalue weighted by Crippen LogP contribution is 2.18. The van der Waals surface area contributed by atoms with E-state index >= 15 is 0 Å². The number of carboxylic acid groups (broad SMARTS) is 2. The highest BCUT2D eigenvalue weighted by atomic mass is 16.4. The molecule has 0 aliphatic heterocycles. The fourth-order valence-corrected chi connectivity index (χ4v) is 0.919. The van der Waals surface area contributed by atoms with Gasteiger partial charge in [0.1, 0.15) is 5.75 Å². The van der Waals surface area contributed by atoms with Crippen molar-refractivity contribution in [3.63, 3.8) is 0 Å². The van der Waals surface area contributed by atoms with E-state index in [0.717, 1.165) is 6.07 Å². The van der Waals surface area contributed by atoms with Crippen LogP contribution in [0, 0.1) is 0 Å². The van der Waals surface area contributed by atoms with Crippen molar-refractivity contribution >= 4 is 11.9 Å². The Morgan fingerprint density at radius 2 is 2.00 bits per heavy atom. The van der Waals surface area contributed by atoms with Gasteiger partial charge in [0.2, 0.25) is 0 Å². The van der Waals surface area contributed by atoms with E-state index in [1.54, 1.807) is 0 Å². The molecule has 4 N–H and O–H groups in total. The van der Waals surface area contributed by atoms with Crippen molar-refractivity contribution in [1.82, 2.24) is 4.98 Å². The molecule has 6 heteroatoms. The third kappa shape index (κ3) is 1.98. The summed E-state index contributed by atoms with van der Waals surface area (Å²) < 4.78 is 0. The Bertz CT molecular complexity index is 354. The molecule has 0 unspecified atom stereocenters. The molecule has 0 aromatic carbocycles. The first kappa shape index (κ1) is 9.11. The van der Waals surface area contributed by atoms with Gasteiger partial charge in [-0.2, -0.15) is 0 Å². The van der Waals surface area contributed by atoms with Crippen LogP contribution in [0.3, 0.4) is 0 Å². The maximum Gasteiger partial charge on any atom is 0.356 e. The molecule has 0 aliphatic carbocycles. The van der Waals surface area contributed by atoms with E-state index in [0.29, 0.717) is 0 Å². The fraction of sp³-hybridized carbons (Fsp3) is 0.143. The molecule has 1 aromatic rings. The van der Waals surface area contributed by atoms with Crippen molar-refractivity contribution < 1.29 is 24.9 Å².